The van der Waals surface area contributed by atoms with Gasteiger partial charge < -0.3 is 0 Å². The summed E-state index contributed by atoms with van der Waals surface area (Å²) in [6.07, 6.45) is 3.66. The largest absolute Gasteiger partial charge is 0.262 e. The van der Waals surface area contributed by atoms with Crippen molar-refractivity contribution < 1.29 is 0 Å². The van der Waals surface area contributed by atoms with Crippen molar-refractivity contribution in [2.24, 2.45) is 0 Å². The third-order valence-corrected chi connectivity index (χ3v) is 1.65. The maximum atomic E-state index is 8.67. The van der Waals surface area contributed by atoms with Crippen LogP contribution in [0.25, 0.3) is 0 Å². The molecule has 0 saturated carbocycles. The number of hydrogen-bond donors (Lipinski definition) is 0. The van der Waals surface area contributed by atoms with E-state index in [-0.39, 0.29) is 0 Å². The summed E-state index contributed by atoms with van der Waals surface area (Å²) in [7, 11) is 0. The van der Waals surface area contributed by atoms with Gasteiger partial charge in [-0.25, -0.2) is 0 Å². The van der Waals surface area contributed by atoms with Crippen molar-refractivity contribution in [1.82, 2.24) is 4.98 Å². The Morgan fingerprint density at radius 1 is 1.25 bits per heavy atom. The molecular formula is C9H7N3. The smallest absolute Gasteiger partial charge is 0.101 e. The molecule has 3 heteroatoms. The van der Waals surface area contributed by atoms with E-state index in [0.29, 0.717) is 17.5 Å². The number of aromatic nitrogens is 1. The molecule has 0 aromatic carbocycles. The molecule has 0 saturated heterocycles. The first-order valence-corrected chi connectivity index (χ1v) is 3.60. The first-order valence-electron chi connectivity index (χ1n) is 3.60. The van der Waals surface area contributed by atoms with E-state index in [1.54, 1.807) is 0 Å². The van der Waals surface area contributed by atoms with Crippen LogP contribution in [0.5, 0.6) is 0 Å². The van der Waals surface area contributed by atoms with Gasteiger partial charge in [0.25, 0.3) is 0 Å². The average Bonchev–Trinajstić information content (AvgIpc) is 2.16. The molecule has 0 fully saturated rings. The predicted molar refractivity (Wildman–Crippen MR) is 43.0 cm³/mol. The van der Waals surface area contributed by atoms with Crippen LogP contribution in [-0.2, 0) is 6.42 Å². The molecule has 1 rings (SSSR count). The average molecular weight is 157 g/mol. The zero-order valence-electron chi connectivity index (χ0n) is 6.70. The number of nitrogens with zero attached hydrogens (tertiary/aromatic N) is 3. The van der Waals surface area contributed by atoms with Crippen molar-refractivity contribution in [3.05, 3.63) is 29.1 Å². The van der Waals surface area contributed by atoms with Gasteiger partial charge in [-0.05, 0) is 12.0 Å². The number of hydrogen-bond acceptors (Lipinski definition) is 3. The van der Waals surface area contributed by atoms with Gasteiger partial charge in [0.15, 0.2) is 0 Å². The van der Waals surface area contributed by atoms with E-state index in [2.05, 4.69) is 4.98 Å². The fourth-order valence-electron chi connectivity index (χ4n) is 1.06. The van der Waals surface area contributed by atoms with Crippen LogP contribution in [0.15, 0.2) is 12.4 Å². The van der Waals surface area contributed by atoms with Crippen LogP contribution in [0.2, 0.25) is 0 Å². The van der Waals surface area contributed by atoms with Gasteiger partial charge >= 0.3 is 0 Å². The van der Waals surface area contributed by atoms with E-state index < -0.39 is 0 Å². The summed E-state index contributed by atoms with van der Waals surface area (Å²) in [5.74, 6) is 0. The van der Waals surface area contributed by atoms with Crippen LogP contribution in [0.3, 0.4) is 0 Å². The predicted octanol–water partition coefficient (Wildman–Crippen LogP) is 1.39. The molecule has 12 heavy (non-hydrogen) atoms. The van der Waals surface area contributed by atoms with Crippen molar-refractivity contribution in [3.63, 3.8) is 0 Å². The maximum Gasteiger partial charge on any atom is 0.101 e. The highest BCUT2D eigenvalue weighted by Crippen LogP contribution is 2.11. The van der Waals surface area contributed by atoms with Gasteiger partial charge in [0.05, 0.1) is 11.1 Å². The van der Waals surface area contributed by atoms with Gasteiger partial charge in [0, 0.05) is 12.4 Å². The highest BCUT2D eigenvalue weighted by atomic mass is 14.6. The molecule has 0 aliphatic carbocycles. The molecule has 1 heterocycles. The molecule has 0 aliphatic rings. The van der Waals surface area contributed by atoms with E-state index in [1.165, 1.54) is 12.4 Å². The van der Waals surface area contributed by atoms with Crippen molar-refractivity contribution >= 4 is 0 Å². The molecule has 0 radical (unpaired) electrons. The molecule has 0 N–H and O–H groups in total. The Balaban J connectivity index is 3.37. The maximum absolute atomic E-state index is 8.67. The SMILES string of the molecule is CCc1c(C#N)cncc1C#N. The highest BCUT2D eigenvalue weighted by molar-refractivity contribution is 5.45. The molecule has 58 valence electrons. The fourth-order valence-corrected chi connectivity index (χ4v) is 1.06. The van der Waals surface area contributed by atoms with Crippen molar-refractivity contribution in [1.29, 1.82) is 10.5 Å². The Bertz CT molecular complexity index is 336. The molecule has 0 spiro atoms. The second-order valence-corrected chi connectivity index (χ2v) is 2.29. The molecule has 0 aliphatic heterocycles. The van der Waals surface area contributed by atoms with E-state index in [1.807, 2.05) is 19.1 Å². The van der Waals surface area contributed by atoms with Crippen molar-refractivity contribution in [2.45, 2.75) is 13.3 Å². The Kier molecular flexibility index (Phi) is 2.40. The highest BCUT2D eigenvalue weighted by Gasteiger charge is 2.05. The summed E-state index contributed by atoms with van der Waals surface area (Å²) in [5.41, 5.74) is 1.78. The van der Waals surface area contributed by atoms with Crippen LogP contribution in [0, 0.1) is 22.7 Å². The van der Waals surface area contributed by atoms with Crippen LogP contribution in [-0.4, -0.2) is 4.98 Å². The molecular weight excluding hydrogens is 150 g/mol. The lowest BCUT2D eigenvalue weighted by Gasteiger charge is -2.00. The molecule has 1 aromatic heterocycles. The van der Waals surface area contributed by atoms with E-state index >= 15 is 0 Å². The van der Waals surface area contributed by atoms with Crippen LogP contribution in [0.4, 0.5) is 0 Å². The van der Waals surface area contributed by atoms with Gasteiger partial charge in [-0.1, -0.05) is 6.92 Å². The standard InChI is InChI=1S/C9H7N3/c1-2-9-7(3-10)5-12-6-8(9)4-11/h5-6H,2H2,1H3. The third kappa shape index (κ3) is 1.26. The van der Waals surface area contributed by atoms with Gasteiger partial charge in [-0.3, -0.25) is 4.98 Å². The van der Waals surface area contributed by atoms with Crippen LogP contribution >= 0.6 is 0 Å². The lowest BCUT2D eigenvalue weighted by atomic mass is 10.0. The topological polar surface area (TPSA) is 60.5 Å². The minimum atomic E-state index is 0.497. The second kappa shape index (κ2) is 3.50. The quantitative estimate of drug-likeness (QED) is 0.618. The van der Waals surface area contributed by atoms with Crippen LogP contribution < -0.4 is 0 Å². The summed E-state index contributed by atoms with van der Waals surface area (Å²) in [4.78, 5) is 3.79. The summed E-state index contributed by atoms with van der Waals surface area (Å²) < 4.78 is 0. The molecule has 1 aromatic rings. The van der Waals surface area contributed by atoms with Gasteiger partial charge in [0.1, 0.15) is 12.1 Å². The van der Waals surface area contributed by atoms with E-state index in [4.69, 9.17) is 10.5 Å². The van der Waals surface area contributed by atoms with E-state index in [9.17, 15) is 0 Å². The Hall–Kier alpha value is -1.87. The molecule has 0 atom stereocenters. The van der Waals surface area contributed by atoms with Gasteiger partial charge in [-0.15, -0.1) is 0 Å². The molecule has 0 amide bonds. The fraction of sp³-hybridized carbons (Fsp3) is 0.222. The van der Waals surface area contributed by atoms with Crippen molar-refractivity contribution in [2.75, 3.05) is 0 Å². The lowest BCUT2D eigenvalue weighted by molar-refractivity contribution is 1.09. The number of rotatable bonds is 1. The summed E-state index contributed by atoms with van der Waals surface area (Å²) in [5, 5.41) is 17.3. The lowest BCUT2D eigenvalue weighted by Crippen LogP contribution is -1.93. The zero-order chi connectivity index (χ0) is 8.97. The summed E-state index contributed by atoms with van der Waals surface area (Å²) >= 11 is 0. The normalized spacial score (nSPS) is 8.58. The van der Waals surface area contributed by atoms with E-state index in [0.717, 1.165) is 5.56 Å². The number of nitriles is 2. The Morgan fingerprint density at radius 2 is 1.75 bits per heavy atom. The second-order valence-electron chi connectivity index (χ2n) is 2.29. The first-order chi connectivity index (χ1) is 5.83. The summed E-state index contributed by atoms with van der Waals surface area (Å²) in [6.45, 7) is 1.91. The van der Waals surface area contributed by atoms with Crippen LogP contribution in [0.1, 0.15) is 23.6 Å². The first kappa shape index (κ1) is 8.23. The molecule has 0 bridgehead atoms. The monoisotopic (exact) mass is 157 g/mol. The Morgan fingerprint density at radius 3 is 2.08 bits per heavy atom. The Labute approximate surface area is 70.9 Å². The zero-order valence-corrected chi connectivity index (χ0v) is 6.70. The van der Waals surface area contributed by atoms with Gasteiger partial charge in [-0.2, -0.15) is 10.5 Å². The van der Waals surface area contributed by atoms with Gasteiger partial charge in [0.2, 0.25) is 0 Å². The summed E-state index contributed by atoms with van der Waals surface area (Å²) in [6, 6.07) is 4.02. The molecule has 3 nitrogen and oxygen atoms in total. The number of pyridine rings is 1. The van der Waals surface area contributed by atoms with Crippen molar-refractivity contribution in [3.8, 4) is 12.1 Å². The molecule has 0 unspecified atom stereocenters. The minimum absolute atomic E-state index is 0.497. The third-order valence-electron chi connectivity index (χ3n) is 1.65. The minimum Gasteiger partial charge on any atom is -0.262 e.